The van der Waals surface area contributed by atoms with Gasteiger partial charge < -0.3 is 34.3 Å². The van der Waals surface area contributed by atoms with Crippen molar-refractivity contribution in [3.05, 3.63) is 60.8 Å². The second-order valence-corrected chi connectivity index (χ2v) is 15.9. The third kappa shape index (κ3) is 29.9. The van der Waals surface area contributed by atoms with Crippen LogP contribution < -0.4 is 0 Å². The SMILES string of the molecule is CC/C=C\C/C=C\C/C=C\CCCCCC(=O)OC(COCCCCCCCCCC/C=C\C/C=C\CCCCC)COC1OC(CO)C(O)C(OS(=O)(=O)O)C1O. The second kappa shape index (κ2) is 36.6. The molecule has 1 fully saturated rings. The highest BCUT2D eigenvalue weighted by atomic mass is 32.3. The van der Waals surface area contributed by atoms with Gasteiger partial charge in [0.25, 0.3) is 0 Å². The van der Waals surface area contributed by atoms with Crippen LogP contribution in [0.5, 0.6) is 0 Å². The lowest BCUT2D eigenvalue weighted by Crippen LogP contribution is -2.60. The molecule has 0 aliphatic carbocycles. The van der Waals surface area contributed by atoms with Crippen LogP contribution in [-0.4, -0.2) is 97.5 Å². The molecule has 0 bridgehead atoms. The molecule has 58 heavy (non-hydrogen) atoms. The van der Waals surface area contributed by atoms with E-state index >= 15 is 0 Å². The van der Waals surface area contributed by atoms with E-state index in [0.29, 0.717) is 13.0 Å². The third-order valence-electron chi connectivity index (χ3n) is 9.62. The van der Waals surface area contributed by atoms with E-state index in [2.05, 4.69) is 78.8 Å². The molecule has 1 saturated heterocycles. The molecule has 1 aliphatic rings. The van der Waals surface area contributed by atoms with Crippen LogP contribution in [0.4, 0.5) is 0 Å². The summed E-state index contributed by atoms with van der Waals surface area (Å²) in [5.74, 6) is -0.433. The van der Waals surface area contributed by atoms with Crippen LogP contribution >= 0.6 is 0 Å². The van der Waals surface area contributed by atoms with Crippen molar-refractivity contribution in [2.45, 2.75) is 192 Å². The van der Waals surface area contributed by atoms with E-state index < -0.39 is 59.8 Å². The predicted octanol–water partition coefficient (Wildman–Crippen LogP) is 8.96. The first-order valence-corrected chi connectivity index (χ1v) is 23.4. The molecule has 0 aromatic heterocycles. The Balaban J connectivity index is 2.45. The van der Waals surface area contributed by atoms with Crippen LogP contribution in [0, 0.1) is 0 Å². The van der Waals surface area contributed by atoms with E-state index in [1.807, 2.05) is 0 Å². The van der Waals surface area contributed by atoms with Crippen molar-refractivity contribution in [1.82, 2.24) is 0 Å². The van der Waals surface area contributed by atoms with Crippen LogP contribution in [0.3, 0.4) is 0 Å². The van der Waals surface area contributed by atoms with Gasteiger partial charge in [0.2, 0.25) is 0 Å². The van der Waals surface area contributed by atoms with Gasteiger partial charge in [-0.05, 0) is 77.0 Å². The summed E-state index contributed by atoms with van der Waals surface area (Å²) in [5, 5.41) is 30.6. The van der Waals surface area contributed by atoms with Gasteiger partial charge in [0.15, 0.2) is 6.29 Å². The monoisotopic (exact) mass is 843 g/mol. The Morgan fingerprint density at radius 3 is 1.74 bits per heavy atom. The Morgan fingerprint density at radius 2 is 1.19 bits per heavy atom. The van der Waals surface area contributed by atoms with Gasteiger partial charge >= 0.3 is 16.4 Å². The number of hydrogen-bond donors (Lipinski definition) is 4. The Morgan fingerprint density at radius 1 is 0.672 bits per heavy atom. The predicted molar refractivity (Wildman–Crippen MR) is 229 cm³/mol. The summed E-state index contributed by atoms with van der Waals surface area (Å²) in [6.45, 7) is 3.78. The first-order valence-electron chi connectivity index (χ1n) is 22.0. The number of aliphatic hydroxyl groups is 3. The molecule has 6 atom stereocenters. The summed E-state index contributed by atoms with van der Waals surface area (Å²) in [6, 6.07) is 0. The summed E-state index contributed by atoms with van der Waals surface area (Å²) in [4.78, 5) is 12.8. The van der Waals surface area contributed by atoms with Crippen molar-refractivity contribution in [1.29, 1.82) is 0 Å². The molecule has 0 saturated carbocycles. The van der Waals surface area contributed by atoms with Crippen LogP contribution in [-0.2, 0) is 38.3 Å². The summed E-state index contributed by atoms with van der Waals surface area (Å²) >= 11 is 0. The van der Waals surface area contributed by atoms with Crippen molar-refractivity contribution in [2.75, 3.05) is 26.4 Å². The molecule has 13 heteroatoms. The highest BCUT2D eigenvalue weighted by Gasteiger charge is 2.48. The normalized spacial score (nSPS) is 21.1. The number of unbranched alkanes of at least 4 members (excludes halogenated alkanes) is 14. The molecule has 336 valence electrons. The van der Waals surface area contributed by atoms with Crippen molar-refractivity contribution in [3.8, 4) is 0 Å². The highest BCUT2D eigenvalue weighted by Crippen LogP contribution is 2.26. The lowest BCUT2D eigenvalue weighted by molar-refractivity contribution is -0.301. The van der Waals surface area contributed by atoms with Gasteiger partial charge in [-0.3, -0.25) is 9.35 Å². The van der Waals surface area contributed by atoms with Crippen LogP contribution in [0.1, 0.15) is 155 Å². The first-order chi connectivity index (χ1) is 28.1. The van der Waals surface area contributed by atoms with E-state index in [1.165, 1.54) is 57.8 Å². The highest BCUT2D eigenvalue weighted by molar-refractivity contribution is 7.80. The lowest BCUT2D eigenvalue weighted by Gasteiger charge is -2.41. The van der Waals surface area contributed by atoms with Gasteiger partial charge in [0.1, 0.15) is 30.5 Å². The number of aliphatic hydroxyl groups excluding tert-OH is 3. The topological polar surface area (TPSA) is 178 Å². The van der Waals surface area contributed by atoms with Gasteiger partial charge in [-0.2, -0.15) is 8.42 Å². The van der Waals surface area contributed by atoms with Gasteiger partial charge in [-0.1, -0.05) is 132 Å². The Labute approximate surface area is 350 Å². The van der Waals surface area contributed by atoms with Crippen molar-refractivity contribution >= 4 is 16.4 Å². The number of hydrogen-bond acceptors (Lipinski definition) is 11. The average molecular weight is 843 g/mol. The second-order valence-electron chi connectivity index (χ2n) is 14.9. The molecule has 0 spiro atoms. The molecule has 1 aliphatic heterocycles. The molecule has 12 nitrogen and oxygen atoms in total. The smallest absolute Gasteiger partial charge is 0.397 e. The summed E-state index contributed by atoms with van der Waals surface area (Å²) < 4.78 is 58.9. The molecule has 0 radical (unpaired) electrons. The summed E-state index contributed by atoms with van der Waals surface area (Å²) in [6.07, 6.45) is 35.4. The summed E-state index contributed by atoms with van der Waals surface area (Å²) in [7, 11) is -5.07. The molecule has 0 amide bonds. The molecule has 1 rings (SSSR count). The van der Waals surface area contributed by atoms with Crippen LogP contribution in [0.15, 0.2) is 60.8 Å². The van der Waals surface area contributed by atoms with Crippen LogP contribution in [0.25, 0.3) is 0 Å². The minimum absolute atomic E-state index is 0.0172. The lowest BCUT2D eigenvalue weighted by atomic mass is 9.99. The minimum Gasteiger partial charge on any atom is -0.457 e. The van der Waals surface area contributed by atoms with E-state index in [1.54, 1.807) is 0 Å². The van der Waals surface area contributed by atoms with Gasteiger partial charge in [-0.25, -0.2) is 4.18 Å². The number of allylic oxidation sites excluding steroid dienone is 10. The van der Waals surface area contributed by atoms with Gasteiger partial charge in [0, 0.05) is 13.0 Å². The number of rotatable bonds is 37. The van der Waals surface area contributed by atoms with Gasteiger partial charge in [0.05, 0.1) is 19.8 Å². The zero-order chi connectivity index (χ0) is 42.5. The maximum atomic E-state index is 12.8. The van der Waals surface area contributed by atoms with Crippen molar-refractivity contribution < 1.29 is 56.2 Å². The molecular formula is C45H78O12S. The fourth-order valence-electron chi connectivity index (χ4n) is 6.30. The molecule has 0 aromatic rings. The zero-order valence-corrected chi connectivity index (χ0v) is 36.4. The number of esters is 1. The molecule has 6 unspecified atom stereocenters. The molecule has 0 aromatic carbocycles. The minimum atomic E-state index is -5.07. The third-order valence-corrected chi connectivity index (χ3v) is 10.1. The van der Waals surface area contributed by atoms with Crippen molar-refractivity contribution in [3.63, 3.8) is 0 Å². The molecular weight excluding hydrogens is 765 g/mol. The maximum absolute atomic E-state index is 12.8. The Hall–Kier alpha value is -2.20. The summed E-state index contributed by atoms with van der Waals surface area (Å²) in [5.41, 5.74) is 0. The Kier molecular flexibility index (Phi) is 34.0. The quantitative estimate of drug-likeness (QED) is 0.0202. The molecule has 4 N–H and O–H groups in total. The zero-order valence-electron chi connectivity index (χ0n) is 35.6. The van der Waals surface area contributed by atoms with E-state index in [0.717, 1.165) is 70.6 Å². The first kappa shape index (κ1) is 53.8. The Bertz CT molecular complexity index is 1250. The molecule has 1 heterocycles. The average Bonchev–Trinajstić information content (AvgIpc) is 3.19. The van der Waals surface area contributed by atoms with E-state index in [9.17, 15) is 28.5 Å². The van der Waals surface area contributed by atoms with Gasteiger partial charge in [-0.15, -0.1) is 0 Å². The van der Waals surface area contributed by atoms with Crippen LogP contribution in [0.2, 0.25) is 0 Å². The number of carbonyl (C=O) groups is 1. The maximum Gasteiger partial charge on any atom is 0.397 e. The van der Waals surface area contributed by atoms with E-state index in [4.69, 9.17) is 23.5 Å². The van der Waals surface area contributed by atoms with Crippen molar-refractivity contribution in [2.24, 2.45) is 0 Å². The fraction of sp³-hybridized carbons (Fsp3) is 0.756. The number of ether oxygens (including phenoxy) is 4. The fourth-order valence-corrected chi connectivity index (χ4v) is 6.81. The van der Waals surface area contributed by atoms with E-state index in [-0.39, 0.29) is 19.6 Å². The largest absolute Gasteiger partial charge is 0.457 e. The standard InChI is InChI=1S/C45H78O12S/c1-3-5-7-9-11-13-15-17-18-19-20-21-23-25-27-29-31-33-35-53-37-39(38-54-45-43(49)44(57-58(50,51)52)42(48)40(36-46)56-45)55-41(47)34-32-30-28-26-24-22-16-14-12-10-8-6-4-2/h6,8,11-14,17-18,22,24,39-40,42-46,48-49H,3-5,7,9-10,15-16,19-21,23,25-38H2,1-2H3,(H,50,51,52)/b8-6-,13-11-,14-12-,18-17-,24-22-. The number of carbonyl (C=O) groups excluding carboxylic acids is 1.